The highest BCUT2D eigenvalue weighted by molar-refractivity contribution is 8.19. The van der Waals surface area contributed by atoms with E-state index in [1.807, 2.05) is 19.1 Å². The summed E-state index contributed by atoms with van der Waals surface area (Å²) in [4.78, 5) is 32.4. The van der Waals surface area contributed by atoms with Gasteiger partial charge in [0.2, 0.25) is 10.0 Å². The lowest BCUT2D eigenvalue weighted by molar-refractivity contribution is -0.114. The first kappa shape index (κ1) is 23.0. The standard InChI is InChI=1S/C24H17FN4O4S2/c1-13-2-11-19-18(12-13)20(22(30)28-19)21-23(31)29(16-7-3-14(25)4-8-16)24(34-21)27-15-5-9-17(10-6-15)35(26,32)33/h2-12H,1H3,(H,28,30)(H2,26,32,33)/b21-20-,27-24-. The number of hydrogen-bond donors (Lipinski definition) is 2. The van der Waals surface area contributed by atoms with Gasteiger partial charge in [-0.1, -0.05) is 11.6 Å². The summed E-state index contributed by atoms with van der Waals surface area (Å²) >= 11 is 1.01. The summed E-state index contributed by atoms with van der Waals surface area (Å²) < 4.78 is 36.7. The van der Waals surface area contributed by atoms with Gasteiger partial charge in [0.1, 0.15) is 5.82 Å². The Balaban J connectivity index is 1.65. The molecule has 0 bridgehead atoms. The summed E-state index contributed by atoms with van der Waals surface area (Å²) in [6.45, 7) is 1.89. The number of amides is 2. The minimum absolute atomic E-state index is 0.0793. The van der Waals surface area contributed by atoms with Crippen LogP contribution >= 0.6 is 11.8 Å². The van der Waals surface area contributed by atoms with Crippen LogP contribution in [0.5, 0.6) is 0 Å². The first-order valence-electron chi connectivity index (χ1n) is 10.3. The van der Waals surface area contributed by atoms with Crippen LogP contribution in [-0.2, 0) is 19.6 Å². The highest BCUT2D eigenvalue weighted by atomic mass is 32.2. The second kappa shape index (κ2) is 8.45. The van der Waals surface area contributed by atoms with Crippen molar-refractivity contribution in [3.8, 4) is 0 Å². The van der Waals surface area contributed by atoms with Crippen LogP contribution in [0.15, 0.2) is 81.5 Å². The zero-order chi connectivity index (χ0) is 24.9. The molecule has 0 saturated carbocycles. The van der Waals surface area contributed by atoms with Gasteiger partial charge in [0, 0.05) is 11.3 Å². The van der Waals surface area contributed by atoms with Crippen molar-refractivity contribution in [3.63, 3.8) is 0 Å². The van der Waals surface area contributed by atoms with Crippen molar-refractivity contribution >= 4 is 61.4 Å². The lowest BCUT2D eigenvalue weighted by Gasteiger charge is -2.15. The Labute approximate surface area is 204 Å². The molecule has 3 N–H and O–H groups in total. The van der Waals surface area contributed by atoms with E-state index in [0.717, 1.165) is 17.3 Å². The predicted octanol–water partition coefficient (Wildman–Crippen LogP) is 3.91. The molecule has 5 rings (SSSR count). The van der Waals surface area contributed by atoms with Crippen LogP contribution < -0.4 is 15.4 Å². The number of sulfonamides is 1. The van der Waals surface area contributed by atoms with Crippen LogP contribution in [-0.4, -0.2) is 25.4 Å². The van der Waals surface area contributed by atoms with Gasteiger partial charge in [0.05, 0.1) is 26.7 Å². The average molecular weight is 509 g/mol. The third-order valence-electron chi connectivity index (χ3n) is 5.40. The van der Waals surface area contributed by atoms with Crippen molar-refractivity contribution in [1.29, 1.82) is 0 Å². The number of anilines is 2. The molecular weight excluding hydrogens is 491 g/mol. The predicted molar refractivity (Wildman–Crippen MR) is 133 cm³/mol. The second-order valence-electron chi connectivity index (χ2n) is 7.86. The normalized spacial score (nSPS) is 18.8. The molecule has 0 atom stereocenters. The average Bonchev–Trinajstić information content (AvgIpc) is 3.29. The number of carbonyl (C=O) groups is 2. The minimum Gasteiger partial charge on any atom is -0.321 e. The number of thioether (sulfide) groups is 1. The SMILES string of the molecule is Cc1ccc2c(c1)/C(=C1/S/C(=N\c3ccc(S(N)(=O)=O)cc3)N(c3ccc(F)cc3)C1=O)C(=O)N2. The minimum atomic E-state index is -3.88. The molecule has 2 aliphatic rings. The van der Waals surface area contributed by atoms with Crippen molar-refractivity contribution in [1.82, 2.24) is 0 Å². The van der Waals surface area contributed by atoms with E-state index in [0.29, 0.717) is 22.6 Å². The van der Waals surface area contributed by atoms with Gasteiger partial charge in [-0.3, -0.25) is 14.5 Å². The Hall–Kier alpha value is -3.80. The van der Waals surface area contributed by atoms with E-state index in [-0.39, 0.29) is 20.5 Å². The second-order valence-corrected chi connectivity index (χ2v) is 10.4. The smallest absolute Gasteiger partial charge is 0.272 e. The molecule has 0 aromatic heterocycles. The highest BCUT2D eigenvalue weighted by Crippen LogP contribution is 2.44. The van der Waals surface area contributed by atoms with E-state index in [4.69, 9.17) is 5.14 Å². The third-order valence-corrected chi connectivity index (χ3v) is 7.37. The van der Waals surface area contributed by atoms with E-state index in [1.54, 1.807) is 6.07 Å². The van der Waals surface area contributed by atoms with Gasteiger partial charge in [0.25, 0.3) is 11.8 Å². The van der Waals surface area contributed by atoms with E-state index in [9.17, 15) is 22.4 Å². The fourth-order valence-corrected chi connectivity index (χ4v) is 5.36. The van der Waals surface area contributed by atoms with Crippen LogP contribution in [0.2, 0.25) is 0 Å². The number of carbonyl (C=O) groups excluding carboxylic acids is 2. The van der Waals surface area contributed by atoms with Crippen molar-refractivity contribution in [2.24, 2.45) is 10.1 Å². The molecule has 1 fully saturated rings. The third kappa shape index (κ3) is 4.25. The summed E-state index contributed by atoms with van der Waals surface area (Å²) in [5.41, 5.74) is 3.10. The molecule has 2 amide bonds. The molecular formula is C24H17FN4O4S2. The number of hydrogen-bond acceptors (Lipinski definition) is 6. The van der Waals surface area contributed by atoms with Crippen molar-refractivity contribution in [3.05, 3.63) is 88.6 Å². The first-order chi connectivity index (χ1) is 16.6. The number of aliphatic imine (C=N–C) groups is 1. The van der Waals surface area contributed by atoms with Gasteiger partial charge < -0.3 is 5.32 Å². The van der Waals surface area contributed by atoms with E-state index in [1.165, 1.54) is 53.4 Å². The van der Waals surface area contributed by atoms with Gasteiger partial charge in [-0.2, -0.15) is 0 Å². The molecule has 0 spiro atoms. The summed E-state index contributed by atoms with van der Waals surface area (Å²) in [5.74, 6) is -1.36. The number of amidine groups is 1. The maximum atomic E-state index is 13.6. The quantitative estimate of drug-likeness (QED) is 0.520. The fraction of sp³-hybridized carbons (Fsp3) is 0.0417. The van der Waals surface area contributed by atoms with Crippen LogP contribution in [0, 0.1) is 12.7 Å². The molecule has 3 aromatic rings. The maximum Gasteiger partial charge on any atom is 0.272 e. The molecule has 2 aliphatic heterocycles. The molecule has 176 valence electrons. The molecule has 35 heavy (non-hydrogen) atoms. The number of nitrogens with one attached hydrogen (secondary N) is 1. The molecule has 2 heterocycles. The van der Waals surface area contributed by atoms with Crippen LogP contribution in [0.25, 0.3) is 5.57 Å². The van der Waals surface area contributed by atoms with Crippen molar-refractivity contribution < 1.29 is 22.4 Å². The summed E-state index contributed by atoms with van der Waals surface area (Å²) in [7, 11) is -3.88. The molecule has 1 saturated heterocycles. The van der Waals surface area contributed by atoms with Crippen molar-refractivity contribution in [2.45, 2.75) is 11.8 Å². The number of nitrogens with two attached hydrogens (primary N) is 1. The van der Waals surface area contributed by atoms with E-state index >= 15 is 0 Å². The van der Waals surface area contributed by atoms with Crippen LogP contribution in [0.4, 0.5) is 21.5 Å². The van der Waals surface area contributed by atoms with Gasteiger partial charge in [-0.25, -0.2) is 22.9 Å². The Morgan fingerprint density at radius 1 is 1.00 bits per heavy atom. The summed E-state index contributed by atoms with van der Waals surface area (Å²) in [6, 6.07) is 16.3. The monoisotopic (exact) mass is 508 g/mol. The van der Waals surface area contributed by atoms with E-state index < -0.39 is 27.7 Å². The van der Waals surface area contributed by atoms with Crippen LogP contribution in [0.3, 0.4) is 0 Å². The molecule has 3 aromatic carbocycles. The first-order valence-corrected chi connectivity index (χ1v) is 12.6. The topological polar surface area (TPSA) is 122 Å². The Morgan fingerprint density at radius 2 is 1.69 bits per heavy atom. The molecule has 11 heteroatoms. The molecule has 0 aliphatic carbocycles. The number of nitrogens with zero attached hydrogens (tertiary/aromatic N) is 2. The maximum absolute atomic E-state index is 13.6. The number of benzene rings is 3. The van der Waals surface area contributed by atoms with Gasteiger partial charge in [-0.15, -0.1) is 0 Å². The molecule has 0 radical (unpaired) electrons. The van der Waals surface area contributed by atoms with Crippen LogP contribution in [0.1, 0.15) is 11.1 Å². The molecule has 0 unspecified atom stereocenters. The number of rotatable bonds is 3. The summed E-state index contributed by atoms with van der Waals surface area (Å²) in [5, 5.41) is 8.16. The zero-order valence-corrected chi connectivity index (χ0v) is 19.8. The highest BCUT2D eigenvalue weighted by Gasteiger charge is 2.41. The lowest BCUT2D eigenvalue weighted by Crippen LogP contribution is -2.29. The largest absolute Gasteiger partial charge is 0.321 e. The lowest BCUT2D eigenvalue weighted by atomic mass is 10.0. The fourth-order valence-electron chi connectivity index (χ4n) is 3.74. The van der Waals surface area contributed by atoms with Gasteiger partial charge in [0.15, 0.2) is 5.17 Å². The van der Waals surface area contributed by atoms with Gasteiger partial charge >= 0.3 is 0 Å². The number of aryl methyl sites for hydroxylation is 1. The number of primary sulfonamides is 1. The Bertz CT molecular complexity index is 1560. The Morgan fingerprint density at radius 3 is 2.34 bits per heavy atom. The number of fused-ring (bicyclic) bond motifs is 1. The molecule has 8 nitrogen and oxygen atoms in total. The zero-order valence-electron chi connectivity index (χ0n) is 18.2. The van der Waals surface area contributed by atoms with E-state index in [2.05, 4.69) is 10.3 Å². The van der Waals surface area contributed by atoms with Crippen molar-refractivity contribution in [2.75, 3.05) is 10.2 Å². The Kier molecular flexibility index (Phi) is 5.55. The number of halogens is 1. The van der Waals surface area contributed by atoms with Gasteiger partial charge in [-0.05, 0) is 79.3 Å². The summed E-state index contributed by atoms with van der Waals surface area (Å²) in [6.07, 6.45) is 0.